The van der Waals surface area contributed by atoms with E-state index in [1.54, 1.807) is 0 Å². The van der Waals surface area contributed by atoms with Crippen molar-refractivity contribution in [1.82, 2.24) is 5.32 Å². The lowest BCUT2D eigenvalue weighted by atomic mass is 9.60. The zero-order chi connectivity index (χ0) is 11.6. The minimum absolute atomic E-state index is 0.00894. The molecule has 1 heterocycles. The van der Waals surface area contributed by atoms with E-state index in [-0.39, 0.29) is 17.3 Å². The number of nitrogens with one attached hydrogen (secondary N) is 1. The van der Waals surface area contributed by atoms with Gasteiger partial charge in [0.1, 0.15) is 0 Å². The normalized spacial score (nSPS) is 38.9. The van der Waals surface area contributed by atoms with Crippen molar-refractivity contribution in [2.45, 2.75) is 39.0 Å². The van der Waals surface area contributed by atoms with E-state index in [0.717, 1.165) is 13.1 Å². The molecule has 0 aromatic heterocycles. The van der Waals surface area contributed by atoms with E-state index >= 15 is 0 Å². The molecule has 0 aromatic rings. The topological polar surface area (TPSA) is 38.3 Å². The van der Waals surface area contributed by atoms with Crippen molar-refractivity contribution < 1.29 is 9.53 Å². The van der Waals surface area contributed by atoms with Crippen LogP contribution in [0.2, 0.25) is 0 Å². The third kappa shape index (κ3) is 1.75. The number of ether oxygens (including phenoxy) is 1. The molecule has 0 amide bonds. The molecule has 3 unspecified atom stereocenters. The zero-order valence-corrected chi connectivity index (χ0v) is 10.4. The number of carbonyl (C=O) groups excluding carboxylic acids is 1. The van der Waals surface area contributed by atoms with Crippen LogP contribution in [0.3, 0.4) is 0 Å². The van der Waals surface area contributed by atoms with Crippen molar-refractivity contribution >= 4 is 5.97 Å². The van der Waals surface area contributed by atoms with Crippen molar-refractivity contribution in [1.29, 1.82) is 0 Å². The molecule has 1 N–H and O–H groups in total. The summed E-state index contributed by atoms with van der Waals surface area (Å²) in [6.07, 6.45) is 6.26. The van der Waals surface area contributed by atoms with Gasteiger partial charge in [-0.15, -0.1) is 0 Å². The van der Waals surface area contributed by atoms with Gasteiger partial charge in [0.15, 0.2) is 0 Å². The lowest BCUT2D eigenvalue weighted by Crippen LogP contribution is -2.43. The third-order valence-electron chi connectivity index (χ3n) is 4.73. The number of hydrogen-bond acceptors (Lipinski definition) is 3. The largest absolute Gasteiger partial charge is 0.469 e. The van der Waals surface area contributed by atoms with Gasteiger partial charge in [0.05, 0.1) is 13.0 Å². The van der Waals surface area contributed by atoms with Crippen LogP contribution in [0, 0.1) is 17.3 Å². The third-order valence-corrected chi connectivity index (χ3v) is 4.73. The van der Waals surface area contributed by atoms with Crippen molar-refractivity contribution in [3.8, 4) is 0 Å². The molecule has 0 bridgehead atoms. The minimum Gasteiger partial charge on any atom is -0.469 e. The molecule has 3 heteroatoms. The van der Waals surface area contributed by atoms with Crippen LogP contribution in [-0.2, 0) is 9.53 Å². The molecule has 3 atom stereocenters. The smallest absolute Gasteiger partial charge is 0.310 e. The Hall–Kier alpha value is -0.570. The van der Waals surface area contributed by atoms with Gasteiger partial charge in [-0.3, -0.25) is 4.79 Å². The van der Waals surface area contributed by atoms with Gasteiger partial charge in [0, 0.05) is 18.5 Å². The predicted molar refractivity (Wildman–Crippen MR) is 63.1 cm³/mol. The lowest BCUT2D eigenvalue weighted by Gasteiger charge is -2.43. The summed E-state index contributed by atoms with van der Waals surface area (Å²) in [5, 5.41) is 3.41. The van der Waals surface area contributed by atoms with Gasteiger partial charge in [-0.05, 0) is 18.8 Å². The summed E-state index contributed by atoms with van der Waals surface area (Å²) in [5.74, 6) is 0.772. The molecule has 1 spiro atoms. The SMILES string of the molecule is CCC1CCCCC12CNCC2C(=O)OC. The number of esters is 1. The highest BCUT2D eigenvalue weighted by atomic mass is 16.5. The zero-order valence-electron chi connectivity index (χ0n) is 10.4. The molecule has 0 radical (unpaired) electrons. The Morgan fingerprint density at radius 2 is 2.31 bits per heavy atom. The fourth-order valence-corrected chi connectivity index (χ4v) is 3.87. The van der Waals surface area contributed by atoms with Crippen molar-refractivity contribution in [2.24, 2.45) is 17.3 Å². The quantitative estimate of drug-likeness (QED) is 0.730. The van der Waals surface area contributed by atoms with Crippen LogP contribution in [0.4, 0.5) is 0 Å². The van der Waals surface area contributed by atoms with Crippen LogP contribution in [0.5, 0.6) is 0 Å². The highest BCUT2D eigenvalue weighted by molar-refractivity contribution is 5.74. The van der Waals surface area contributed by atoms with E-state index in [1.165, 1.54) is 39.2 Å². The Bertz CT molecular complexity index is 267. The fraction of sp³-hybridized carbons (Fsp3) is 0.923. The monoisotopic (exact) mass is 225 g/mol. The molecule has 1 aliphatic heterocycles. The molecular formula is C13H23NO2. The average molecular weight is 225 g/mol. The van der Waals surface area contributed by atoms with Crippen LogP contribution in [0.1, 0.15) is 39.0 Å². The molecule has 1 aliphatic carbocycles. The predicted octanol–water partition coefficient (Wildman–Crippen LogP) is 1.97. The minimum atomic E-state index is -0.00894. The summed E-state index contributed by atoms with van der Waals surface area (Å²) in [6.45, 7) is 4.07. The summed E-state index contributed by atoms with van der Waals surface area (Å²) in [5.41, 5.74) is 0.195. The molecule has 3 nitrogen and oxygen atoms in total. The molecule has 92 valence electrons. The van der Waals surface area contributed by atoms with E-state index in [4.69, 9.17) is 4.74 Å². The van der Waals surface area contributed by atoms with E-state index in [9.17, 15) is 4.79 Å². The molecule has 2 aliphatic rings. The molecule has 1 saturated carbocycles. The van der Waals surface area contributed by atoms with Gasteiger partial charge >= 0.3 is 5.97 Å². The average Bonchev–Trinajstić information content (AvgIpc) is 2.73. The van der Waals surface area contributed by atoms with Gasteiger partial charge in [-0.2, -0.15) is 0 Å². The van der Waals surface area contributed by atoms with Gasteiger partial charge in [-0.1, -0.05) is 26.2 Å². The Labute approximate surface area is 97.9 Å². The van der Waals surface area contributed by atoms with Crippen LogP contribution in [0.25, 0.3) is 0 Å². The molecule has 0 aromatic carbocycles. The van der Waals surface area contributed by atoms with E-state index in [0.29, 0.717) is 5.92 Å². The maximum atomic E-state index is 11.9. The maximum Gasteiger partial charge on any atom is 0.310 e. The van der Waals surface area contributed by atoms with Crippen molar-refractivity contribution in [3.05, 3.63) is 0 Å². The van der Waals surface area contributed by atoms with Crippen molar-refractivity contribution in [2.75, 3.05) is 20.2 Å². The van der Waals surface area contributed by atoms with Crippen LogP contribution in [-0.4, -0.2) is 26.2 Å². The summed E-state index contributed by atoms with van der Waals surface area (Å²) in [4.78, 5) is 11.9. The standard InChI is InChI=1S/C13H23NO2/c1-3-10-6-4-5-7-13(10)9-14-8-11(13)12(15)16-2/h10-11,14H,3-9H2,1-2H3. The summed E-state index contributed by atoms with van der Waals surface area (Å²) < 4.78 is 4.98. The summed E-state index contributed by atoms with van der Waals surface area (Å²) in [6, 6.07) is 0. The fourth-order valence-electron chi connectivity index (χ4n) is 3.87. The Kier molecular flexibility index (Phi) is 3.53. The maximum absolute atomic E-state index is 11.9. The Morgan fingerprint density at radius 3 is 3.00 bits per heavy atom. The Morgan fingerprint density at radius 1 is 1.50 bits per heavy atom. The first-order valence-corrected chi connectivity index (χ1v) is 6.53. The molecule has 2 fully saturated rings. The van der Waals surface area contributed by atoms with Gasteiger partial charge < -0.3 is 10.1 Å². The van der Waals surface area contributed by atoms with Gasteiger partial charge in [-0.25, -0.2) is 0 Å². The van der Waals surface area contributed by atoms with Gasteiger partial charge in [0.2, 0.25) is 0 Å². The van der Waals surface area contributed by atoms with E-state index < -0.39 is 0 Å². The second kappa shape index (κ2) is 4.74. The number of rotatable bonds is 2. The van der Waals surface area contributed by atoms with Crippen LogP contribution in [0.15, 0.2) is 0 Å². The second-order valence-corrected chi connectivity index (χ2v) is 5.29. The highest BCUT2D eigenvalue weighted by Crippen LogP contribution is 2.50. The molecule has 16 heavy (non-hydrogen) atoms. The first kappa shape index (κ1) is 11.9. The van der Waals surface area contributed by atoms with Crippen molar-refractivity contribution in [3.63, 3.8) is 0 Å². The highest BCUT2D eigenvalue weighted by Gasteiger charge is 2.52. The van der Waals surface area contributed by atoms with E-state index in [1.807, 2.05) is 0 Å². The lowest BCUT2D eigenvalue weighted by molar-refractivity contribution is -0.151. The number of methoxy groups -OCH3 is 1. The molecule has 2 rings (SSSR count). The first-order valence-electron chi connectivity index (χ1n) is 6.53. The number of hydrogen-bond donors (Lipinski definition) is 1. The summed E-state index contributed by atoms with van der Waals surface area (Å²) in [7, 11) is 1.51. The van der Waals surface area contributed by atoms with Gasteiger partial charge in [0.25, 0.3) is 0 Å². The van der Waals surface area contributed by atoms with E-state index in [2.05, 4.69) is 12.2 Å². The summed E-state index contributed by atoms with van der Waals surface area (Å²) >= 11 is 0. The molecule has 1 saturated heterocycles. The molecular weight excluding hydrogens is 202 g/mol. The second-order valence-electron chi connectivity index (χ2n) is 5.29. The number of carbonyl (C=O) groups is 1. The van der Waals surface area contributed by atoms with Crippen LogP contribution >= 0.6 is 0 Å². The first-order chi connectivity index (χ1) is 7.74. The Balaban J connectivity index is 2.22. The van der Waals surface area contributed by atoms with Crippen LogP contribution < -0.4 is 5.32 Å².